The maximum atomic E-state index is 6.31. The molecule has 2 fully saturated rings. The number of nitrogens with two attached hydrogens (primary N) is 1. The maximum absolute atomic E-state index is 6.31. The molecule has 0 aromatic heterocycles. The summed E-state index contributed by atoms with van der Waals surface area (Å²) >= 11 is 0. The van der Waals surface area contributed by atoms with Crippen molar-refractivity contribution >= 4 is 0 Å². The molecule has 19 heavy (non-hydrogen) atoms. The van der Waals surface area contributed by atoms with Crippen molar-refractivity contribution in [3.63, 3.8) is 0 Å². The highest BCUT2D eigenvalue weighted by molar-refractivity contribution is 5.18. The summed E-state index contributed by atoms with van der Waals surface area (Å²) < 4.78 is 0. The lowest BCUT2D eigenvalue weighted by molar-refractivity contribution is 0.178. The molecule has 3 unspecified atom stereocenters. The Kier molecular flexibility index (Phi) is 4.19. The maximum Gasteiger partial charge on any atom is 0.0307 e. The van der Waals surface area contributed by atoms with E-state index >= 15 is 0 Å². The number of hydrogen-bond donors (Lipinski definition) is 1. The molecule has 0 amide bonds. The topological polar surface area (TPSA) is 29.3 Å². The Morgan fingerprint density at radius 3 is 2.74 bits per heavy atom. The zero-order valence-corrected chi connectivity index (χ0v) is 11.8. The van der Waals surface area contributed by atoms with Crippen LogP contribution in [0.3, 0.4) is 0 Å². The van der Waals surface area contributed by atoms with E-state index in [-0.39, 0.29) is 6.04 Å². The van der Waals surface area contributed by atoms with E-state index < -0.39 is 0 Å². The molecule has 0 bridgehead atoms. The van der Waals surface area contributed by atoms with Gasteiger partial charge in [-0.3, -0.25) is 0 Å². The molecular weight excluding hydrogens is 232 g/mol. The molecule has 1 aliphatic carbocycles. The van der Waals surface area contributed by atoms with Crippen molar-refractivity contribution in [1.29, 1.82) is 0 Å². The minimum Gasteiger partial charge on any atom is -0.324 e. The number of hydrogen-bond acceptors (Lipinski definition) is 2. The third-order valence-electron chi connectivity index (χ3n) is 5.08. The molecular formula is C17H26N2. The first kappa shape index (κ1) is 13.1. The van der Waals surface area contributed by atoms with Gasteiger partial charge in [-0.15, -0.1) is 0 Å². The number of benzene rings is 1. The van der Waals surface area contributed by atoms with Crippen molar-refractivity contribution in [3.8, 4) is 0 Å². The third-order valence-corrected chi connectivity index (χ3v) is 5.08. The van der Waals surface area contributed by atoms with Gasteiger partial charge in [-0.25, -0.2) is 0 Å². The van der Waals surface area contributed by atoms with E-state index in [4.69, 9.17) is 5.73 Å². The summed E-state index contributed by atoms with van der Waals surface area (Å²) in [6.45, 7) is 2.48. The second-order valence-corrected chi connectivity index (χ2v) is 6.24. The van der Waals surface area contributed by atoms with E-state index in [1.165, 1.54) is 50.8 Å². The average Bonchev–Trinajstić information content (AvgIpc) is 2.89. The molecule has 1 aromatic carbocycles. The lowest BCUT2D eigenvalue weighted by Crippen LogP contribution is -2.36. The monoisotopic (exact) mass is 258 g/mol. The zero-order valence-electron chi connectivity index (χ0n) is 11.8. The Morgan fingerprint density at radius 1 is 1.11 bits per heavy atom. The fraction of sp³-hybridized carbons (Fsp3) is 0.647. The molecule has 2 heteroatoms. The van der Waals surface area contributed by atoms with Crippen LogP contribution in [0, 0.1) is 5.92 Å². The van der Waals surface area contributed by atoms with Crippen LogP contribution < -0.4 is 5.73 Å². The van der Waals surface area contributed by atoms with Crippen molar-refractivity contribution in [2.75, 3.05) is 13.1 Å². The van der Waals surface area contributed by atoms with Crippen molar-refractivity contribution in [1.82, 2.24) is 4.90 Å². The Balaban J connectivity index is 1.52. The fourth-order valence-electron chi connectivity index (χ4n) is 3.95. The van der Waals surface area contributed by atoms with Crippen molar-refractivity contribution in [2.45, 2.75) is 50.6 Å². The van der Waals surface area contributed by atoms with Gasteiger partial charge in [-0.2, -0.15) is 0 Å². The molecule has 2 nitrogen and oxygen atoms in total. The first-order chi connectivity index (χ1) is 9.34. The quantitative estimate of drug-likeness (QED) is 0.897. The fourth-order valence-corrected chi connectivity index (χ4v) is 3.95. The Bertz CT molecular complexity index is 390. The summed E-state index contributed by atoms with van der Waals surface area (Å²) in [6, 6.07) is 11.6. The summed E-state index contributed by atoms with van der Waals surface area (Å²) in [4.78, 5) is 2.71. The molecule has 104 valence electrons. The van der Waals surface area contributed by atoms with Gasteiger partial charge >= 0.3 is 0 Å². The van der Waals surface area contributed by atoms with Gasteiger partial charge in [0.2, 0.25) is 0 Å². The van der Waals surface area contributed by atoms with Gasteiger partial charge in [0.15, 0.2) is 0 Å². The van der Waals surface area contributed by atoms with Crippen LogP contribution in [0.4, 0.5) is 0 Å². The SMILES string of the molecule is NC(CCN1CCC2CCCCC21)c1ccccc1. The summed E-state index contributed by atoms with van der Waals surface area (Å²) in [7, 11) is 0. The lowest BCUT2D eigenvalue weighted by atomic mass is 9.85. The number of likely N-dealkylation sites (tertiary alicyclic amines) is 1. The van der Waals surface area contributed by atoms with Crippen LogP contribution in [-0.2, 0) is 0 Å². The van der Waals surface area contributed by atoms with Gasteiger partial charge < -0.3 is 10.6 Å². The summed E-state index contributed by atoms with van der Waals surface area (Å²) in [5.41, 5.74) is 7.59. The molecule has 0 radical (unpaired) electrons. The Labute approximate surface area is 117 Å². The van der Waals surface area contributed by atoms with Crippen LogP contribution in [0.2, 0.25) is 0 Å². The zero-order chi connectivity index (χ0) is 13.1. The van der Waals surface area contributed by atoms with Crippen molar-refractivity contribution < 1.29 is 0 Å². The van der Waals surface area contributed by atoms with Crippen molar-refractivity contribution in [3.05, 3.63) is 35.9 Å². The summed E-state index contributed by atoms with van der Waals surface area (Å²) in [6.07, 6.45) is 8.29. The first-order valence-electron chi connectivity index (χ1n) is 7.89. The molecule has 1 aliphatic heterocycles. The minimum absolute atomic E-state index is 0.198. The van der Waals surface area contributed by atoms with E-state index in [0.717, 1.165) is 18.4 Å². The third kappa shape index (κ3) is 3.01. The van der Waals surface area contributed by atoms with Crippen LogP contribution in [0.25, 0.3) is 0 Å². The van der Waals surface area contributed by atoms with E-state index in [1.807, 2.05) is 0 Å². The number of rotatable bonds is 4. The van der Waals surface area contributed by atoms with E-state index in [9.17, 15) is 0 Å². The summed E-state index contributed by atoms with van der Waals surface area (Å²) in [5, 5.41) is 0. The molecule has 3 rings (SSSR count). The Morgan fingerprint density at radius 2 is 1.89 bits per heavy atom. The predicted octanol–water partition coefficient (Wildman–Crippen LogP) is 3.34. The van der Waals surface area contributed by atoms with E-state index in [2.05, 4.69) is 35.2 Å². The second-order valence-electron chi connectivity index (χ2n) is 6.24. The van der Waals surface area contributed by atoms with Gasteiger partial charge in [-0.1, -0.05) is 43.2 Å². The van der Waals surface area contributed by atoms with Crippen LogP contribution in [0.15, 0.2) is 30.3 Å². The van der Waals surface area contributed by atoms with Crippen LogP contribution >= 0.6 is 0 Å². The van der Waals surface area contributed by atoms with Crippen LogP contribution in [0.5, 0.6) is 0 Å². The average molecular weight is 258 g/mol. The predicted molar refractivity (Wildman–Crippen MR) is 79.9 cm³/mol. The highest BCUT2D eigenvalue weighted by Crippen LogP contribution is 2.36. The largest absolute Gasteiger partial charge is 0.324 e. The standard InChI is InChI=1S/C17H26N2/c18-16(14-6-2-1-3-7-14)11-13-19-12-10-15-8-4-5-9-17(15)19/h1-3,6-7,15-17H,4-5,8-13,18H2. The van der Waals surface area contributed by atoms with Gasteiger partial charge in [0.25, 0.3) is 0 Å². The highest BCUT2D eigenvalue weighted by Gasteiger charge is 2.35. The number of nitrogens with zero attached hydrogens (tertiary/aromatic N) is 1. The van der Waals surface area contributed by atoms with Gasteiger partial charge in [-0.05, 0) is 43.7 Å². The molecule has 1 heterocycles. The van der Waals surface area contributed by atoms with Gasteiger partial charge in [0.05, 0.1) is 0 Å². The minimum atomic E-state index is 0.198. The van der Waals surface area contributed by atoms with Crippen LogP contribution in [-0.4, -0.2) is 24.0 Å². The highest BCUT2D eigenvalue weighted by atomic mass is 15.2. The molecule has 0 spiro atoms. The van der Waals surface area contributed by atoms with Gasteiger partial charge in [0.1, 0.15) is 0 Å². The smallest absolute Gasteiger partial charge is 0.0307 e. The molecule has 1 saturated carbocycles. The number of fused-ring (bicyclic) bond motifs is 1. The van der Waals surface area contributed by atoms with E-state index in [0.29, 0.717) is 0 Å². The molecule has 2 N–H and O–H groups in total. The second kappa shape index (κ2) is 6.06. The normalized spacial score (nSPS) is 29.1. The van der Waals surface area contributed by atoms with Crippen molar-refractivity contribution in [2.24, 2.45) is 11.7 Å². The summed E-state index contributed by atoms with van der Waals surface area (Å²) in [5.74, 6) is 0.988. The molecule has 1 saturated heterocycles. The lowest BCUT2D eigenvalue weighted by Gasteiger charge is -2.32. The molecule has 1 aromatic rings. The van der Waals surface area contributed by atoms with Crippen LogP contribution in [0.1, 0.15) is 50.1 Å². The Hall–Kier alpha value is -0.860. The van der Waals surface area contributed by atoms with Gasteiger partial charge in [0, 0.05) is 18.6 Å². The molecule has 3 atom stereocenters. The first-order valence-corrected chi connectivity index (χ1v) is 7.89. The van der Waals surface area contributed by atoms with E-state index in [1.54, 1.807) is 0 Å². The molecule has 2 aliphatic rings.